The summed E-state index contributed by atoms with van der Waals surface area (Å²) in [5, 5.41) is 5.72. The summed E-state index contributed by atoms with van der Waals surface area (Å²) in [5.74, 6) is 2.28. The van der Waals surface area contributed by atoms with E-state index >= 15 is 0 Å². The molecule has 0 spiro atoms. The number of ether oxygens (including phenoxy) is 1. The van der Waals surface area contributed by atoms with E-state index in [1.807, 2.05) is 43.0 Å². The van der Waals surface area contributed by atoms with Gasteiger partial charge in [-0.05, 0) is 93.2 Å². The van der Waals surface area contributed by atoms with Gasteiger partial charge in [0.25, 0.3) is 5.91 Å². The van der Waals surface area contributed by atoms with E-state index in [0.717, 1.165) is 23.3 Å². The second kappa shape index (κ2) is 9.92. The number of hydrogen-bond acceptors (Lipinski definition) is 4. The Morgan fingerprint density at radius 1 is 0.886 bits per heavy atom. The third-order valence-corrected chi connectivity index (χ3v) is 8.54. The van der Waals surface area contributed by atoms with Gasteiger partial charge in [0.2, 0.25) is 11.8 Å². The fourth-order valence-electron chi connectivity index (χ4n) is 7.64. The van der Waals surface area contributed by atoms with Crippen molar-refractivity contribution >= 4 is 17.7 Å². The Kier molecular flexibility index (Phi) is 6.88. The number of benzene rings is 1. The number of hydrogen-bond donors (Lipinski definition) is 2. The average molecular weight is 482 g/mol. The van der Waals surface area contributed by atoms with Gasteiger partial charge in [-0.25, -0.2) is 0 Å². The second-order valence-electron chi connectivity index (χ2n) is 11.8. The zero-order valence-corrected chi connectivity index (χ0v) is 21.1. The number of nitrogens with zero attached hydrogens (tertiary/aromatic N) is 1. The second-order valence-corrected chi connectivity index (χ2v) is 11.8. The zero-order chi connectivity index (χ0) is 24.6. The van der Waals surface area contributed by atoms with E-state index < -0.39 is 0 Å². The molecule has 5 aliphatic rings. The van der Waals surface area contributed by atoms with Crippen LogP contribution in [0.1, 0.15) is 74.7 Å². The molecule has 6 rings (SSSR count). The van der Waals surface area contributed by atoms with Crippen molar-refractivity contribution in [2.75, 3.05) is 19.6 Å². The van der Waals surface area contributed by atoms with Gasteiger partial charge in [0.1, 0.15) is 0 Å². The molecule has 2 unspecified atom stereocenters. The molecule has 7 nitrogen and oxygen atoms in total. The normalized spacial score (nSPS) is 33.4. The van der Waals surface area contributed by atoms with Gasteiger partial charge in [0.15, 0.2) is 0 Å². The van der Waals surface area contributed by atoms with Crippen molar-refractivity contribution in [1.29, 1.82) is 0 Å². The highest BCUT2D eigenvalue weighted by molar-refractivity contribution is 5.94. The lowest BCUT2D eigenvalue weighted by atomic mass is 9.49. The third kappa shape index (κ3) is 5.71. The van der Waals surface area contributed by atoms with Crippen molar-refractivity contribution in [3.05, 3.63) is 35.4 Å². The van der Waals surface area contributed by atoms with Crippen molar-refractivity contribution in [1.82, 2.24) is 15.5 Å². The number of amides is 3. The number of nitrogens with one attached hydrogen (secondary N) is 2. The Labute approximate surface area is 208 Å². The van der Waals surface area contributed by atoms with E-state index in [4.69, 9.17) is 4.74 Å². The van der Waals surface area contributed by atoms with E-state index in [-0.39, 0.29) is 41.9 Å². The summed E-state index contributed by atoms with van der Waals surface area (Å²) < 4.78 is 5.71. The molecule has 4 aliphatic carbocycles. The minimum atomic E-state index is -0.194. The maximum absolute atomic E-state index is 12.8. The summed E-state index contributed by atoms with van der Waals surface area (Å²) in [6.45, 7) is 5.52. The van der Waals surface area contributed by atoms with Gasteiger partial charge in [-0.1, -0.05) is 12.1 Å². The van der Waals surface area contributed by atoms with Gasteiger partial charge < -0.3 is 20.3 Å². The van der Waals surface area contributed by atoms with Gasteiger partial charge >= 0.3 is 0 Å². The van der Waals surface area contributed by atoms with Crippen LogP contribution in [0.2, 0.25) is 0 Å². The molecule has 0 aromatic heterocycles. The predicted octanol–water partition coefficient (Wildman–Crippen LogP) is 3.27. The molecule has 35 heavy (non-hydrogen) atoms. The summed E-state index contributed by atoms with van der Waals surface area (Å²) in [6.07, 6.45) is 8.32. The van der Waals surface area contributed by atoms with Gasteiger partial charge in [0.05, 0.1) is 18.8 Å². The molecule has 1 aromatic carbocycles. The highest BCUT2D eigenvalue weighted by Crippen LogP contribution is 2.61. The van der Waals surface area contributed by atoms with Crippen LogP contribution in [0.25, 0.3) is 0 Å². The van der Waals surface area contributed by atoms with Crippen molar-refractivity contribution in [3.63, 3.8) is 0 Å². The minimum Gasteiger partial charge on any atom is -0.372 e. The molecule has 190 valence electrons. The lowest BCUT2D eigenvalue weighted by Crippen LogP contribution is -2.48. The topological polar surface area (TPSA) is 87.7 Å². The molecule has 0 radical (unpaired) electrons. The van der Waals surface area contributed by atoms with Gasteiger partial charge in [-0.3, -0.25) is 14.4 Å². The molecule has 1 heterocycles. The van der Waals surface area contributed by atoms with Crippen molar-refractivity contribution in [2.24, 2.45) is 23.2 Å². The van der Waals surface area contributed by atoms with E-state index in [1.165, 1.54) is 38.5 Å². The molecule has 1 aromatic rings. The lowest BCUT2D eigenvalue weighted by molar-refractivity contribution is -0.131. The van der Waals surface area contributed by atoms with Crippen LogP contribution in [0.3, 0.4) is 0 Å². The van der Waals surface area contributed by atoms with Crippen LogP contribution in [-0.2, 0) is 20.9 Å². The highest BCUT2D eigenvalue weighted by atomic mass is 16.5. The number of morpholine rings is 1. The molecular weight excluding hydrogens is 442 g/mol. The number of carbonyl (C=O) groups excluding carboxylic acids is 3. The van der Waals surface area contributed by atoms with Crippen LogP contribution in [0.5, 0.6) is 0 Å². The van der Waals surface area contributed by atoms with Crippen LogP contribution >= 0.6 is 0 Å². The average Bonchev–Trinajstić information content (AvgIpc) is 2.79. The third-order valence-electron chi connectivity index (χ3n) is 8.54. The maximum atomic E-state index is 12.8. The van der Waals surface area contributed by atoms with E-state index in [2.05, 4.69) is 10.6 Å². The Morgan fingerprint density at radius 3 is 2.03 bits per heavy atom. The first-order valence-corrected chi connectivity index (χ1v) is 13.3. The fourth-order valence-corrected chi connectivity index (χ4v) is 7.64. The lowest BCUT2D eigenvalue weighted by Gasteiger charge is -2.56. The van der Waals surface area contributed by atoms with Crippen LogP contribution in [0.4, 0.5) is 0 Å². The fraction of sp³-hybridized carbons (Fsp3) is 0.679. The Balaban J connectivity index is 1.04. The molecule has 4 saturated carbocycles. The largest absolute Gasteiger partial charge is 0.372 e. The van der Waals surface area contributed by atoms with E-state index in [9.17, 15) is 14.4 Å². The van der Waals surface area contributed by atoms with Gasteiger partial charge in [-0.2, -0.15) is 0 Å². The standard InChI is InChI=1S/C28H39N3O4/c1-18-16-31(17-19(2)35-18)27(34)24-5-3-20(4-6-24)14-29-26(33)15-30-25(32)13-28-10-21-7-22(11-28)9-23(8-21)12-28/h3-6,18-19,21-23H,7-17H2,1-2H3,(H,29,33)(H,30,32). The first kappa shape index (κ1) is 24.3. The monoisotopic (exact) mass is 481 g/mol. The number of rotatable bonds is 7. The summed E-state index contributed by atoms with van der Waals surface area (Å²) in [4.78, 5) is 39.6. The van der Waals surface area contributed by atoms with Crippen LogP contribution < -0.4 is 10.6 Å². The summed E-state index contributed by atoms with van der Waals surface area (Å²) >= 11 is 0. The Morgan fingerprint density at radius 2 is 1.46 bits per heavy atom. The molecule has 5 fully saturated rings. The van der Waals surface area contributed by atoms with Crippen molar-refractivity contribution < 1.29 is 19.1 Å². The quantitative estimate of drug-likeness (QED) is 0.626. The first-order chi connectivity index (χ1) is 16.8. The predicted molar refractivity (Wildman–Crippen MR) is 132 cm³/mol. The number of carbonyl (C=O) groups is 3. The molecule has 1 aliphatic heterocycles. The molecule has 3 amide bonds. The Hall–Kier alpha value is -2.41. The summed E-state index contributed by atoms with van der Waals surface area (Å²) in [5.41, 5.74) is 1.74. The van der Waals surface area contributed by atoms with E-state index in [0.29, 0.717) is 31.6 Å². The van der Waals surface area contributed by atoms with Crippen LogP contribution in [0.15, 0.2) is 24.3 Å². The van der Waals surface area contributed by atoms with Gasteiger partial charge in [-0.15, -0.1) is 0 Å². The van der Waals surface area contributed by atoms with Crippen molar-refractivity contribution in [2.45, 2.75) is 77.5 Å². The Bertz CT molecular complexity index is 914. The first-order valence-electron chi connectivity index (χ1n) is 13.3. The maximum Gasteiger partial charge on any atom is 0.254 e. The molecular formula is C28H39N3O4. The van der Waals surface area contributed by atoms with Gasteiger partial charge in [0, 0.05) is 31.6 Å². The molecule has 4 bridgehead atoms. The molecule has 2 atom stereocenters. The molecule has 1 saturated heterocycles. The summed E-state index contributed by atoms with van der Waals surface area (Å²) in [6, 6.07) is 7.35. The molecule has 2 N–H and O–H groups in total. The minimum absolute atomic E-state index is 0.00400. The van der Waals surface area contributed by atoms with Crippen molar-refractivity contribution in [3.8, 4) is 0 Å². The smallest absolute Gasteiger partial charge is 0.254 e. The molecule has 7 heteroatoms. The highest BCUT2D eigenvalue weighted by Gasteiger charge is 2.51. The summed E-state index contributed by atoms with van der Waals surface area (Å²) in [7, 11) is 0. The zero-order valence-electron chi connectivity index (χ0n) is 21.1. The van der Waals surface area contributed by atoms with Crippen LogP contribution in [0, 0.1) is 23.2 Å². The van der Waals surface area contributed by atoms with Crippen LogP contribution in [-0.4, -0.2) is 54.5 Å². The SMILES string of the molecule is CC1CN(C(=O)c2ccc(CNC(=O)CNC(=O)CC34CC5CC(CC(C5)C3)C4)cc2)CC(C)O1. The van der Waals surface area contributed by atoms with E-state index in [1.54, 1.807) is 0 Å².